The van der Waals surface area contributed by atoms with Gasteiger partial charge in [0.15, 0.2) is 0 Å². The van der Waals surface area contributed by atoms with E-state index >= 15 is 0 Å². The first-order chi connectivity index (χ1) is 11.8. The number of hydrogen-bond donors (Lipinski definition) is 1. The standard InChI is InChI=1S/C16H13BrClFN2O3S/c17-10-2-4-12(14(19)8-10)16(22)20-15-9-11(3-5-13(15)18)21-6-1-7-25(21,23)24/h2-5,8-9H,1,6-7H2,(H,20,22). The zero-order valence-electron chi connectivity index (χ0n) is 12.8. The molecule has 0 aromatic heterocycles. The van der Waals surface area contributed by atoms with Gasteiger partial charge in [0.25, 0.3) is 5.91 Å². The predicted molar refractivity (Wildman–Crippen MR) is 99.3 cm³/mol. The van der Waals surface area contributed by atoms with Gasteiger partial charge in [-0.15, -0.1) is 0 Å². The number of rotatable bonds is 3. The summed E-state index contributed by atoms with van der Waals surface area (Å²) in [5.41, 5.74) is 0.487. The Bertz CT molecular complexity index is 952. The molecule has 2 aromatic rings. The average molecular weight is 448 g/mol. The molecule has 25 heavy (non-hydrogen) atoms. The van der Waals surface area contributed by atoms with Gasteiger partial charge in [-0.1, -0.05) is 27.5 Å². The van der Waals surface area contributed by atoms with Gasteiger partial charge in [-0.25, -0.2) is 12.8 Å². The summed E-state index contributed by atoms with van der Waals surface area (Å²) in [6, 6.07) is 8.62. The molecule has 1 N–H and O–H groups in total. The molecule has 1 aliphatic rings. The van der Waals surface area contributed by atoms with Crippen molar-refractivity contribution in [2.45, 2.75) is 6.42 Å². The summed E-state index contributed by atoms with van der Waals surface area (Å²) in [6.45, 7) is 0.374. The SMILES string of the molecule is O=C(Nc1cc(N2CCCS2(=O)=O)ccc1Cl)c1ccc(Br)cc1F. The van der Waals surface area contributed by atoms with E-state index in [0.29, 0.717) is 23.1 Å². The molecule has 0 spiro atoms. The normalized spacial score (nSPS) is 16.0. The topological polar surface area (TPSA) is 66.5 Å². The fourth-order valence-electron chi connectivity index (χ4n) is 2.56. The maximum atomic E-state index is 13.9. The van der Waals surface area contributed by atoms with Crippen LogP contribution in [0.2, 0.25) is 5.02 Å². The number of amides is 1. The summed E-state index contributed by atoms with van der Waals surface area (Å²) in [5, 5.41) is 2.76. The lowest BCUT2D eigenvalue weighted by Crippen LogP contribution is -2.25. The fourth-order valence-corrected chi connectivity index (χ4v) is 4.61. The van der Waals surface area contributed by atoms with Gasteiger partial charge in [0.1, 0.15) is 5.82 Å². The number of nitrogens with one attached hydrogen (secondary N) is 1. The van der Waals surface area contributed by atoms with Crippen molar-refractivity contribution in [2.75, 3.05) is 21.9 Å². The Kier molecular flexibility index (Phi) is 5.04. The number of nitrogens with zero attached hydrogens (tertiary/aromatic N) is 1. The van der Waals surface area contributed by atoms with Gasteiger partial charge >= 0.3 is 0 Å². The van der Waals surface area contributed by atoms with E-state index in [2.05, 4.69) is 21.2 Å². The average Bonchev–Trinajstić information content (AvgIpc) is 2.88. The van der Waals surface area contributed by atoms with Crippen LogP contribution >= 0.6 is 27.5 Å². The Balaban J connectivity index is 1.90. The molecule has 1 amide bonds. The zero-order valence-corrected chi connectivity index (χ0v) is 16.0. The van der Waals surface area contributed by atoms with E-state index in [1.54, 1.807) is 12.1 Å². The lowest BCUT2D eigenvalue weighted by Gasteiger charge is -2.18. The number of anilines is 2. The van der Waals surface area contributed by atoms with Crippen molar-refractivity contribution < 1.29 is 17.6 Å². The smallest absolute Gasteiger partial charge is 0.258 e. The van der Waals surface area contributed by atoms with Crippen LogP contribution in [0.3, 0.4) is 0 Å². The van der Waals surface area contributed by atoms with Gasteiger partial charge < -0.3 is 5.32 Å². The Labute approximate surface area is 158 Å². The predicted octanol–water partition coefficient (Wildman–Crippen LogP) is 4.03. The number of halogens is 3. The van der Waals surface area contributed by atoms with E-state index in [-0.39, 0.29) is 22.0 Å². The molecule has 132 valence electrons. The molecule has 0 atom stereocenters. The highest BCUT2D eigenvalue weighted by Gasteiger charge is 2.29. The first-order valence-corrected chi connectivity index (χ1v) is 10.1. The van der Waals surface area contributed by atoms with Crippen LogP contribution in [0.25, 0.3) is 0 Å². The minimum atomic E-state index is -3.35. The minimum absolute atomic E-state index is 0.0847. The van der Waals surface area contributed by atoms with Gasteiger partial charge in [0.2, 0.25) is 10.0 Å². The van der Waals surface area contributed by atoms with Crippen LogP contribution < -0.4 is 9.62 Å². The van der Waals surface area contributed by atoms with Crippen LogP contribution in [0.5, 0.6) is 0 Å². The van der Waals surface area contributed by atoms with E-state index in [1.807, 2.05) is 0 Å². The van der Waals surface area contributed by atoms with Crippen molar-refractivity contribution in [3.8, 4) is 0 Å². The third-order valence-corrected chi connectivity index (χ3v) is 6.45. The number of sulfonamides is 1. The molecule has 1 fully saturated rings. The van der Waals surface area contributed by atoms with Gasteiger partial charge in [0.05, 0.1) is 27.7 Å². The summed E-state index contributed by atoms with van der Waals surface area (Å²) in [7, 11) is -3.35. The van der Waals surface area contributed by atoms with Crippen LogP contribution in [-0.2, 0) is 10.0 Å². The summed E-state index contributed by atoms with van der Waals surface area (Å²) in [4.78, 5) is 12.3. The maximum Gasteiger partial charge on any atom is 0.258 e. The monoisotopic (exact) mass is 446 g/mol. The first kappa shape index (κ1) is 18.2. The second-order valence-corrected chi connectivity index (χ2v) is 8.82. The molecule has 5 nitrogen and oxygen atoms in total. The molecule has 1 saturated heterocycles. The van der Waals surface area contributed by atoms with Crippen molar-refractivity contribution in [3.63, 3.8) is 0 Å². The Morgan fingerprint density at radius 3 is 2.64 bits per heavy atom. The van der Waals surface area contributed by atoms with Gasteiger partial charge in [0, 0.05) is 11.0 Å². The number of benzene rings is 2. The summed E-state index contributed by atoms with van der Waals surface area (Å²) < 4.78 is 39.8. The lowest BCUT2D eigenvalue weighted by molar-refractivity contribution is 0.102. The maximum absolute atomic E-state index is 13.9. The van der Waals surface area contributed by atoms with E-state index in [4.69, 9.17) is 11.6 Å². The zero-order chi connectivity index (χ0) is 18.2. The van der Waals surface area contributed by atoms with Crippen molar-refractivity contribution in [1.29, 1.82) is 0 Å². The van der Waals surface area contributed by atoms with Crippen molar-refractivity contribution in [1.82, 2.24) is 0 Å². The summed E-state index contributed by atoms with van der Waals surface area (Å²) >= 11 is 9.21. The minimum Gasteiger partial charge on any atom is -0.320 e. The Morgan fingerprint density at radius 1 is 1.24 bits per heavy atom. The van der Waals surface area contributed by atoms with E-state index < -0.39 is 21.7 Å². The molecule has 3 rings (SSSR count). The molecule has 0 unspecified atom stereocenters. The highest BCUT2D eigenvalue weighted by atomic mass is 79.9. The molecule has 1 aliphatic heterocycles. The molecular weight excluding hydrogens is 435 g/mol. The molecule has 0 radical (unpaired) electrons. The van der Waals surface area contributed by atoms with E-state index in [1.165, 1.54) is 28.6 Å². The highest BCUT2D eigenvalue weighted by Crippen LogP contribution is 2.31. The second kappa shape index (κ2) is 6.93. The lowest BCUT2D eigenvalue weighted by atomic mass is 10.2. The molecule has 0 aliphatic carbocycles. The molecule has 9 heteroatoms. The van der Waals surface area contributed by atoms with E-state index in [9.17, 15) is 17.6 Å². The Hall–Kier alpha value is -1.64. The van der Waals surface area contributed by atoms with Crippen LogP contribution in [0.1, 0.15) is 16.8 Å². The highest BCUT2D eigenvalue weighted by molar-refractivity contribution is 9.10. The third-order valence-electron chi connectivity index (χ3n) is 3.76. The van der Waals surface area contributed by atoms with Crippen LogP contribution in [0.15, 0.2) is 40.9 Å². The fraction of sp³-hybridized carbons (Fsp3) is 0.188. The van der Waals surface area contributed by atoms with Crippen LogP contribution in [0.4, 0.5) is 15.8 Å². The quantitative estimate of drug-likeness (QED) is 0.772. The Morgan fingerprint density at radius 2 is 2.00 bits per heavy atom. The van der Waals surface area contributed by atoms with Gasteiger partial charge in [-0.3, -0.25) is 9.10 Å². The van der Waals surface area contributed by atoms with Crippen molar-refractivity contribution >= 4 is 54.8 Å². The van der Waals surface area contributed by atoms with Gasteiger partial charge in [-0.05, 0) is 42.8 Å². The number of hydrogen-bond acceptors (Lipinski definition) is 3. The van der Waals surface area contributed by atoms with E-state index in [0.717, 1.165) is 0 Å². The van der Waals surface area contributed by atoms with Crippen molar-refractivity contribution in [2.24, 2.45) is 0 Å². The third kappa shape index (κ3) is 3.80. The van der Waals surface area contributed by atoms with Crippen LogP contribution in [0, 0.1) is 5.82 Å². The molecular formula is C16H13BrClFN2O3S. The largest absolute Gasteiger partial charge is 0.320 e. The van der Waals surface area contributed by atoms with Crippen molar-refractivity contribution in [3.05, 3.63) is 57.3 Å². The van der Waals surface area contributed by atoms with Crippen LogP contribution in [-0.4, -0.2) is 26.6 Å². The number of carbonyl (C=O) groups is 1. The summed E-state index contributed by atoms with van der Waals surface area (Å²) in [5.74, 6) is -1.27. The molecule has 0 saturated carbocycles. The molecule has 1 heterocycles. The first-order valence-electron chi connectivity index (χ1n) is 7.34. The second-order valence-electron chi connectivity index (χ2n) is 5.48. The summed E-state index contributed by atoms with van der Waals surface area (Å²) in [6.07, 6.45) is 0.538. The molecule has 2 aromatic carbocycles. The van der Waals surface area contributed by atoms with Gasteiger partial charge in [-0.2, -0.15) is 0 Å². The number of carbonyl (C=O) groups excluding carboxylic acids is 1. The molecule has 0 bridgehead atoms.